The number of rotatable bonds is 8. The summed E-state index contributed by atoms with van der Waals surface area (Å²) >= 11 is 0. The summed E-state index contributed by atoms with van der Waals surface area (Å²) < 4.78 is 16.0. The van der Waals surface area contributed by atoms with Crippen LogP contribution in [-0.4, -0.2) is 43.4 Å². The maximum absolute atomic E-state index is 10.9. The molecule has 2 aromatic rings. The fourth-order valence-corrected chi connectivity index (χ4v) is 1.86. The zero-order valence-electron chi connectivity index (χ0n) is 12.9. The summed E-state index contributed by atoms with van der Waals surface area (Å²) in [7, 11) is 3.14. The third-order valence-electron chi connectivity index (χ3n) is 2.97. The lowest BCUT2D eigenvalue weighted by Crippen LogP contribution is -2.13. The maximum atomic E-state index is 10.9. The molecule has 1 aromatic carbocycles. The lowest BCUT2D eigenvalue weighted by molar-refractivity contribution is 0.0690. The van der Waals surface area contributed by atoms with Crippen molar-refractivity contribution in [1.82, 2.24) is 4.98 Å². The van der Waals surface area contributed by atoms with Gasteiger partial charge >= 0.3 is 5.97 Å². The molecule has 0 saturated heterocycles. The predicted molar refractivity (Wildman–Crippen MR) is 84.7 cm³/mol. The van der Waals surface area contributed by atoms with E-state index in [1.54, 1.807) is 44.6 Å². The summed E-state index contributed by atoms with van der Waals surface area (Å²) in [4.78, 5) is 14.8. The average molecular weight is 318 g/mol. The SMILES string of the molecule is COc1cc(OC)cc(OCCNc2cccc(C(=O)O)n2)c1. The normalized spacial score (nSPS) is 10.0. The summed E-state index contributed by atoms with van der Waals surface area (Å²) in [5, 5.41) is 11.9. The second-order valence-corrected chi connectivity index (χ2v) is 4.54. The molecule has 0 bridgehead atoms. The van der Waals surface area contributed by atoms with E-state index < -0.39 is 5.97 Å². The van der Waals surface area contributed by atoms with E-state index in [9.17, 15) is 4.79 Å². The van der Waals surface area contributed by atoms with Gasteiger partial charge in [-0.15, -0.1) is 0 Å². The lowest BCUT2D eigenvalue weighted by atomic mass is 10.3. The number of hydrogen-bond acceptors (Lipinski definition) is 6. The summed E-state index contributed by atoms with van der Waals surface area (Å²) in [6.45, 7) is 0.838. The zero-order chi connectivity index (χ0) is 16.7. The Morgan fingerprint density at radius 3 is 2.39 bits per heavy atom. The number of nitrogens with zero attached hydrogens (tertiary/aromatic N) is 1. The third kappa shape index (κ3) is 4.77. The van der Waals surface area contributed by atoms with Crippen LogP contribution in [0.3, 0.4) is 0 Å². The molecule has 0 spiro atoms. The largest absolute Gasteiger partial charge is 0.496 e. The molecular weight excluding hydrogens is 300 g/mol. The molecule has 0 fully saturated rings. The molecule has 0 radical (unpaired) electrons. The van der Waals surface area contributed by atoms with Crippen molar-refractivity contribution >= 4 is 11.8 Å². The van der Waals surface area contributed by atoms with Crippen LogP contribution in [-0.2, 0) is 0 Å². The van der Waals surface area contributed by atoms with Crippen LogP contribution in [0.2, 0.25) is 0 Å². The van der Waals surface area contributed by atoms with Crippen LogP contribution < -0.4 is 19.5 Å². The summed E-state index contributed by atoms with van der Waals surface area (Å²) in [6, 6.07) is 10.0. The quantitative estimate of drug-likeness (QED) is 0.722. The molecule has 0 unspecified atom stereocenters. The number of benzene rings is 1. The Hall–Kier alpha value is -2.96. The lowest BCUT2D eigenvalue weighted by Gasteiger charge is -2.11. The Morgan fingerprint density at radius 1 is 1.13 bits per heavy atom. The minimum atomic E-state index is -1.06. The van der Waals surface area contributed by atoms with Gasteiger partial charge in [0.25, 0.3) is 0 Å². The molecular formula is C16H18N2O5. The first-order valence-electron chi connectivity index (χ1n) is 6.92. The second kappa shape index (κ2) is 7.88. The Labute approximate surface area is 133 Å². The van der Waals surface area contributed by atoms with Gasteiger partial charge in [-0.3, -0.25) is 0 Å². The molecule has 2 rings (SSSR count). The Morgan fingerprint density at radius 2 is 1.78 bits per heavy atom. The van der Waals surface area contributed by atoms with Gasteiger partial charge in [-0.25, -0.2) is 9.78 Å². The average Bonchev–Trinajstić information content (AvgIpc) is 2.58. The van der Waals surface area contributed by atoms with Crippen LogP contribution in [0.1, 0.15) is 10.5 Å². The van der Waals surface area contributed by atoms with E-state index in [2.05, 4.69) is 10.3 Å². The molecule has 23 heavy (non-hydrogen) atoms. The van der Waals surface area contributed by atoms with E-state index in [0.29, 0.717) is 36.2 Å². The van der Waals surface area contributed by atoms with Crippen LogP contribution in [0.4, 0.5) is 5.82 Å². The molecule has 0 aliphatic rings. The van der Waals surface area contributed by atoms with Crippen LogP contribution in [0.15, 0.2) is 36.4 Å². The molecule has 0 amide bonds. The number of hydrogen-bond donors (Lipinski definition) is 2. The number of carbonyl (C=O) groups is 1. The first-order valence-corrected chi connectivity index (χ1v) is 6.92. The molecule has 0 aliphatic heterocycles. The fraction of sp³-hybridized carbons (Fsp3) is 0.250. The number of methoxy groups -OCH3 is 2. The van der Waals surface area contributed by atoms with Crippen LogP contribution in [0.5, 0.6) is 17.2 Å². The van der Waals surface area contributed by atoms with Gasteiger partial charge in [-0.2, -0.15) is 0 Å². The summed E-state index contributed by atoms with van der Waals surface area (Å²) in [5.74, 6) is 1.33. The second-order valence-electron chi connectivity index (χ2n) is 4.54. The Bertz CT molecular complexity index is 653. The highest BCUT2D eigenvalue weighted by atomic mass is 16.5. The molecule has 1 heterocycles. The van der Waals surface area contributed by atoms with Crippen LogP contribution >= 0.6 is 0 Å². The number of aromatic nitrogens is 1. The monoisotopic (exact) mass is 318 g/mol. The van der Waals surface area contributed by atoms with Crippen molar-refractivity contribution < 1.29 is 24.1 Å². The fourth-order valence-electron chi connectivity index (χ4n) is 1.86. The number of pyridine rings is 1. The van der Waals surface area contributed by atoms with Crippen molar-refractivity contribution in [3.05, 3.63) is 42.1 Å². The van der Waals surface area contributed by atoms with Crippen molar-refractivity contribution in [3.8, 4) is 17.2 Å². The molecule has 122 valence electrons. The van der Waals surface area contributed by atoms with E-state index >= 15 is 0 Å². The van der Waals surface area contributed by atoms with Gasteiger partial charge in [-0.05, 0) is 12.1 Å². The summed E-state index contributed by atoms with van der Waals surface area (Å²) in [6.07, 6.45) is 0. The number of aromatic carboxylic acids is 1. The van der Waals surface area contributed by atoms with E-state index in [-0.39, 0.29) is 5.69 Å². The molecule has 0 atom stereocenters. The summed E-state index contributed by atoms with van der Waals surface area (Å²) in [5.41, 5.74) is -0.00606. The van der Waals surface area contributed by atoms with Gasteiger partial charge in [0.05, 0.1) is 20.8 Å². The van der Waals surface area contributed by atoms with Crippen LogP contribution in [0, 0.1) is 0 Å². The van der Waals surface area contributed by atoms with Crippen molar-refractivity contribution in [2.75, 3.05) is 32.7 Å². The van der Waals surface area contributed by atoms with Crippen LogP contribution in [0.25, 0.3) is 0 Å². The number of anilines is 1. The van der Waals surface area contributed by atoms with Gasteiger partial charge in [0, 0.05) is 18.2 Å². The van der Waals surface area contributed by atoms with E-state index in [4.69, 9.17) is 19.3 Å². The molecule has 0 aliphatic carbocycles. The van der Waals surface area contributed by atoms with Gasteiger partial charge in [0.15, 0.2) is 5.69 Å². The van der Waals surface area contributed by atoms with E-state index in [1.807, 2.05) is 0 Å². The predicted octanol–water partition coefficient (Wildman–Crippen LogP) is 2.29. The number of carboxylic acid groups (broad SMARTS) is 1. The Balaban J connectivity index is 1.88. The standard InChI is InChI=1S/C16H18N2O5/c1-21-11-8-12(22-2)10-13(9-11)23-7-6-17-15-5-3-4-14(18-15)16(19)20/h3-5,8-10H,6-7H2,1-2H3,(H,17,18)(H,19,20). The smallest absolute Gasteiger partial charge is 0.354 e. The number of ether oxygens (including phenoxy) is 3. The molecule has 1 aromatic heterocycles. The number of nitrogens with one attached hydrogen (secondary N) is 1. The van der Waals surface area contributed by atoms with Crippen molar-refractivity contribution in [2.45, 2.75) is 0 Å². The minimum absolute atomic E-state index is 0.00606. The number of carboxylic acids is 1. The first-order chi connectivity index (χ1) is 11.1. The molecule has 7 heteroatoms. The Kier molecular flexibility index (Phi) is 5.62. The van der Waals surface area contributed by atoms with Gasteiger partial charge in [0.2, 0.25) is 0 Å². The highest BCUT2D eigenvalue weighted by molar-refractivity contribution is 5.85. The third-order valence-corrected chi connectivity index (χ3v) is 2.97. The van der Waals surface area contributed by atoms with Gasteiger partial charge in [0.1, 0.15) is 29.7 Å². The molecule has 0 saturated carbocycles. The maximum Gasteiger partial charge on any atom is 0.354 e. The van der Waals surface area contributed by atoms with Crippen molar-refractivity contribution in [2.24, 2.45) is 0 Å². The highest BCUT2D eigenvalue weighted by Crippen LogP contribution is 2.27. The van der Waals surface area contributed by atoms with Crippen molar-refractivity contribution in [3.63, 3.8) is 0 Å². The van der Waals surface area contributed by atoms with E-state index in [0.717, 1.165) is 0 Å². The van der Waals surface area contributed by atoms with E-state index in [1.165, 1.54) is 6.07 Å². The highest BCUT2D eigenvalue weighted by Gasteiger charge is 2.05. The van der Waals surface area contributed by atoms with Crippen molar-refractivity contribution in [1.29, 1.82) is 0 Å². The minimum Gasteiger partial charge on any atom is -0.496 e. The first kappa shape index (κ1) is 16.4. The van der Waals surface area contributed by atoms with Gasteiger partial charge < -0.3 is 24.6 Å². The molecule has 7 nitrogen and oxygen atoms in total. The molecule has 2 N–H and O–H groups in total. The zero-order valence-corrected chi connectivity index (χ0v) is 12.9. The topological polar surface area (TPSA) is 89.9 Å². The van der Waals surface area contributed by atoms with Gasteiger partial charge in [-0.1, -0.05) is 6.07 Å².